The second kappa shape index (κ2) is 5.20. The molecule has 0 unspecified atom stereocenters. The molecule has 0 aromatic carbocycles. The fourth-order valence-corrected chi connectivity index (χ4v) is 1.00. The standard InChI is InChI=1S/C9H9F5N2/c10-7-1-6(2-15-4-7)3-16-5-9(13,14)8(11)12/h1-2,4,8,16H,3,5H2. The van der Waals surface area contributed by atoms with Crippen LogP contribution < -0.4 is 5.32 Å². The number of pyridine rings is 1. The normalized spacial score (nSPS) is 12.1. The van der Waals surface area contributed by atoms with Crippen molar-refractivity contribution in [2.45, 2.75) is 18.9 Å². The highest BCUT2D eigenvalue weighted by Gasteiger charge is 2.39. The van der Waals surface area contributed by atoms with Gasteiger partial charge in [0, 0.05) is 12.7 Å². The molecule has 0 saturated heterocycles. The topological polar surface area (TPSA) is 24.9 Å². The van der Waals surface area contributed by atoms with Crippen molar-refractivity contribution in [3.8, 4) is 0 Å². The van der Waals surface area contributed by atoms with Crippen molar-refractivity contribution < 1.29 is 22.0 Å². The highest BCUT2D eigenvalue weighted by atomic mass is 19.3. The number of halogens is 5. The van der Waals surface area contributed by atoms with Crippen molar-refractivity contribution in [3.63, 3.8) is 0 Å². The zero-order valence-corrected chi connectivity index (χ0v) is 8.06. The maximum Gasteiger partial charge on any atom is 0.319 e. The highest BCUT2D eigenvalue weighted by molar-refractivity contribution is 5.09. The zero-order chi connectivity index (χ0) is 12.2. The van der Waals surface area contributed by atoms with E-state index in [1.807, 2.05) is 0 Å². The minimum Gasteiger partial charge on any atom is -0.307 e. The number of hydrogen-bond donors (Lipinski definition) is 1. The smallest absolute Gasteiger partial charge is 0.307 e. The van der Waals surface area contributed by atoms with Gasteiger partial charge >= 0.3 is 12.3 Å². The summed E-state index contributed by atoms with van der Waals surface area (Å²) in [6.07, 6.45) is -1.50. The zero-order valence-electron chi connectivity index (χ0n) is 8.06. The largest absolute Gasteiger partial charge is 0.319 e. The summed E-state index contributed by atoms with van der Waals surface area (Å²) in [6, 6.07) is 1.08. The lowest BCUT2D eigenvalue weighted by molar-refractivity contribution is -0.125. The lowest BCUT2D eigenvalue weighted by Crippen LogP contribution is -2.38. The molecule has 0 radical (unpaired) electrons. The number of rotatable bonds is 5. The van der Waals surface area contributed by atoms with Crippen molar-refractivity contribution in [1.29, 1.82) is 0 Å². The van der Waals surface area contributed by atoms with E-state index in [0.717, 1.165) is 12.3 Å². The van der Waals surface area contributed by atoms with Gasteiger partial charge in [-0.15, -0.1) is 0 Å². The van der Waals surface area contributed by atoms with E-state index >= 15 is 0 Å². The molecule has 90 valence electrons. The Balaban J connectivity index is 2.42. The summed E-state index contributed by atoms with van der Waals surface area (Å²) in [6.45, 7) is -1.31. The second-order valence-corrected chi connectivity index (χ2v) is 3.18. The van der Waals surface area contributed by atoms with E-state index in [2.05, 4.69) is 10.3 Å². The summed E-state index contributed by atoms with van der Waals surface area (Å²) in [7, 11) is 0. The molecule has 0 aliphatic rings. The van der Waals surface area contributed by atoms with Gasteiger partial charge in [0.15, 0.2) is 0 Å². The van der Waals surface area contributed by atoms with Crippen LogP contribution in [0.3, 0.4) is 0 Å². The van der Waals surface area contributed by atoms with E-state index in [-0.39, 0.29) is 6.54 Å². The maximum absolute atomic E-state index is 12.6. The predicted octanol–water partition coefficient (Wildman–Crippen LogP) is 2.21. The Bertz CT molecular complexity index is 342. The van der Waals surface area contributed by atoms with Gasteiger partial charge in [0.25, 0.3) is 0 Å². The van der Waals surface area contributed by atoms with E-state index in [1.54, 1.807) is 0 Å². The molecule has 1 aromatic heterocycles. The molecule has 0 fully saturated rings. The van der Waals surface area contributed by atoms with Gasteiger partial charge in [0.1, 0.15) is 5.82 Å². The van der Waals surface area contributed by atoms with Crippen LogP contribution in [0.4, 0.5) is 22.0 Å². The molecule has 0 saturated carbocycles. The van der Waals surface area contributed by atoms with E-state index in [1.165, 1.54) is 6.20 Å². The molecular weight excluding hydrogens is 231 g/mol. The SMILES string of the molecule is Fc1cncc(CNCC(F)(F)C(F)F)c1. The Hall–Kier alpha value is -1.24. The van der Waals surface area contributed by atoms with Crippen molar-refractivity contribution in [3.05, 3.63) is 29.8 Å². The minimum absolute atomic E-state index is 0.146. The van der Waals surface area contributed by atoms with Crippen LogP contribution in [0, 0.1) is 5.82 Å². The summed E-state index contributed by atoms with van der Waals surface area (Å²) in [4.78, 5) is 3.48. The third-order valence-electron chi connectivity index (χ3n) is 1.77. The molecule has 7 heteroatoms. The fourth-order valence-electron chi connectivity index (χ4n) is 1.00. The summed E-state index contributed by atoms with van der Waals surface area (Å²) in [5.41, 5.74) is 0.310. The van der Waals surface area contributed by atoms with Gasteiger partial charge in [-0.3, -0.25) is 4.98 Å². The third kappa shape index (κ3) is 3.73. The van der Waals surface area contributed by atoms with E-state index in [9.17, 15) is 22.0 Å². The molecule has 0 aliphatic heterocycles. The van der Waals surface area contributed by atoms with Gasteiger partial charge in [-0.25, -0.2) is 13.2 Å². The maximum atomic E-state index is 12.6. The summed E-state index contributed by atoms with van der Waals surface area (Å²) in [5.74, 6) is -4.69. The summed E-state index contributed by atoms with van der Waals surface area (Å²) < 4.78 is 60.9. The molecule has 0 amide bonds. The van der Waals surface area contributed by atoms with Crippen LogP contribution in [0.1, 0.15) is 5.56 Å². The van der Waals surface area contributed by atoms with E-state index in [4.69, 9.17) is 0 Å². The Labute approximate surface area is 88.5 Å². The molecule has 2 nitrogen and oxygen atoms in total. The lowest BCUT2D eigenvalue weighted by Gasteiger charge is -2.15. The van der Waals surface area contributed by atoms with Crippen LogP contribution in [0.2, 0.25) is 0 Å². The number of alkyl halides is 4. The van der Waals surface area contributed by atoms with Crippen molar-refractivity contribution in [2.24, 2.45) is 0 Å². The van der Waals surface area contributed by atoms with Gasteiger partial charge in [-0.1, -0.05) is 0 Å². The van der Waals surface area contributed by atoms with Crippen LogP contribution in [0.5, 0.6) is 0 Å². The quantitative estimate of drug-likeness (QED) is 0.798. The van der Waals surface area contributed by atoms with Crippen molar-refractivity contribution in [1.82, 2.24) is 10.3 Å². The Kier molecular flexibility index (Phi) is 4.17. The first-order valence-electron chi connectivity index (χ1n) is 4.38. The highest BCUT2D eigenvalue weighted by Crippen LogP contribution is 2.21. The van der Waals surface area contributed by atoms with Crippen LogP contribution >= 0.6 is 0 Å². The average Bonchev–Trinajstić information content (AvgIpc) is 2.17. The van der Waals surface area contributed by atoms with E-state index in [0.29, 0.717) is 5.56 Å². The van der Waals surface area contributed by atoms with Gasteiger partial charge in [-0.05, 0) is 11.6 Å². The lowest BCUT2D eigenvalue weighted by atomic mass is 10.2. The van der Waals surface area contributed by atoms with Crippen LogP contribution in [0.25, 0.3) is 0 Å². The second-order valence-electron chi connectivity index (χ2n) is 3.18. The molecule has 16 heavy (non-hydrogen) atoms. The van der Waals surface area contributed by atoms with E-state index < -0.39 is 24.7 Å². The summed E-state index contributed by atoms with van der Waals surface area (Å²) in [5, 5.41) is 2.11. The first kappa shape index (κ1) is 12.8. The first-order valence-corrected chi connectivity index (χ1v) is 4.38. The van der Waals surface area contributed by atoms with Crippen LogP contribution in [-0.4, -0.2) is 23.9 Å². The molecule has 0 bridgehead atoms. The monoisotopic (exact) mass is 240 g/mol. The number of nitrogens with one attached hydrogen (secondary N) is 1. The molecule has 0 atom stereocenters. The Morgan fingerprint density at radius 2 is 2.00 bits per heavy atom. The van der Waals surface area contributed by atoms with Crippen LogP contribution in [-0.2, 0) is 6.54 Å². The van der Waals surface area contributed by atoms with Crippen LogP contribution in [0.15, 0.2) is 18.5 Å². The molecule has 1 heterocycles. The van der Waals surface area contributed by atoms with Gasteiger partial charge in [-0.2, -0.15) is 8.78 Å². The van der Waals surface area contributed by atoms with Gasteiger partial charge in [0.2, 0.25) is 0 Å². The molecular formula is C9H9F5N2. The van der Waals surface area contributed by atoms with Gasteiger partial charge < -0.3 is 5.32 Å². The molecule has 1 N–H and O–H groups in total. The first-order chi connectivity index (χ1) is 7.42. The molecule has 0 spiro atoms. The third-order valence-corrected chi connectivity index (χ3v) is 1.77. The Morgan fingerprint density at radius 3 is 2.56 bits per heavy atom. The minimum atomic E-state index is -4.08. The number of aromatic nitrogens is 1. The molecule has 0 aliphatic carbocycles. The van der Waals surface area contributed by atoms with Gasteiger partial charge in [0.05, 0.1) is 12.7 Å². The number of hydrogen-bond acceptors (Lipinski definition) is 2. The Morgan fingerprint density at radius 1 is 1.31 bits per heavy atom. The summed E-state index contributed by atoms with van der Waals surface area (Å²) >= 11 is 0. The number of nitrogens with zero attached hydrogens (tertiary/aromatic N) is 1. The molecule has 1 aromatic rings. The predicted molar refractivity (Wildman–Crippen MR) is 46.9 cm³/mol. The fraction of sp³-hybridized carbons (Fsp3) is 0.444. The molecule has 1 rings (SSSR count). The average molecular weight is 240 g/mol. The van der Waals surface area contributed by atoms with Crippen molar-refractivity contribution in [2.75, 3.05) is 6.54 Å². The van der Waals surface area contributed by atoms with Crippen molar-refractivity contribution >= 4 is 0 Å².